The Labute approximate surface area is 354 Å². The van der Waals surface area contributed by atoms with E-state index in [9.17, 15) is 0 Å². The van der Waals surface area contributed by atoms with E-state index >= 15 is 0 Å². The first-order chi connectivity index (χ1) is 30.2. The number of nitrogens with zero attached hydrogens (tertiary/aromatic N) is 7. The number of hydrogen-bond acceptors (Lipinski definition) is 6. The molecule has 4 heterocycles. The highest BCUT2D eigenvalue weighted by Gasteiger charge is 2.19. The van der Waals surface area contributed by atoms with E-state index in [1.54, 1.807) is 11.3 Å². The minimum absolute atomic E-state index is 0.611. The summed E-state index contributed by atoms with van der Waals surface area (Å²) < 4.78 is 4.66. The van der Waals surface area contributed by atoms with E-state index in [0.29, 0.717) is 17.5 Å². The summed E-state index contributed by atoms with van der Waals surface area (Å²) in [6.45, 7) is 0. The molecule has 0 aliphatic carbocycles. The lowest BCUT2D eigenvalue weighted by Gasteiger charge is -2.12. The highest BCUT2D eigenvalue weighted by molar-refractivity contribution is 7.17. The van der Waals surface area contributed by atoms with Gasteiger partial charge in [0.1, 0.15) is 10.0 Å². The molecule has 0 fully saturated rings. The first-order valence-electron chi connectivity index (χ1n) is 20.2. The van der Waals surface area contributed by atoms with Gasteiger partial charge in [0.25, 0.3) is 0 Å². The molecule has 61 heavy (non-hydrogen) atoms. The van der Waals surface area contributed by atoms with Crippen LogP contribution < -0.4 is 0 Å². The molecule has 0 aliphatic heterocycles. The van der Waals surface area contributed by atoms with Crippen LogP contribution in [0.3, 0.4) is 0 Å². The smallest absolute Gasteiger partial charge is 0.164 e. The van der Waals surface area contributed by atoms with Gasteiger partial charge >= 0.3 is 0 Å². The molecule has 0 saturated heterocycles. The number of para-hydroxylation sites is 3. The van der Waals surface area contributed by atoms with Crippen molar-refractivity contribution in [3.63, 3.8) is 0 Å². The third-order valence-electron chi connectivity index (χ3n) is 11.3. The van der Waals surface area contributed by atoms with Gasteiger partial charge in [-0.3, -0.25) is 0 Å². The number of fused-ring (bicyclic) bond motifs is 6. The van der Waals surface area contributed by atoms with Gasteiger partial charge < -0.3 is 9.13 Å². The largest absolute Gasteiger partial charge is 0.309 e. The highest BCUT2D eigenvalue weighted by Crippen LogP contribution is 2.39. The van der Waals surface area contributed by atoms with Crippen LogP contribution >= 0.6 is 11.3 Å². The van der Waals surface area contributed by atoms with Crippen molar-refractivity contribution < 1.29 is 0 Å². The first kappa shape index (κ1) is 34.9. The van der Waals surface area contributed by atoms with Gasteiger partial charge in [-0.2, -0.15) is 0 Å². The Bertz CT molecular complexity index is 3530. The van der Waals surface area contributed by atoms with Crippen LogP contribution in [0.15, 0.2) is 200 Å². The van der Waals surface area contributed by atoms with Crippen molar-refractivity contribution >= 4 is 54.9 Å². The molecule has 12 aromatic rings. The topological polar surface area (TPSA) is 74.3 Å². The Hall–Kier alpha value is -8.07. The molecule has 0 saturated carbocycles. The molecule has 4 aromatic heterocycles. The molecular formula is C53H33N7S. The summed E-state index contributed by atoms with van der Waals surface area (Å²) >= 11 is 1.61. The summed E-state index contributed by atoms with van der Waals surface area (Å²) in [5, 5.41) is 16.0. The maximum Gasteiger partial charge on any atom is 0.164 e. The summed E-state index contributed by atoms with van der Waals surface area (Å²) in [6, 6.07) is 69.6. The summed E-state index contributed by atoms with van der Waals surface area (Å²) in [5.41, 5.74) is 11.4. The monoisotopic (exact) mass is 799 g/mol. The van der Waals surface area contributed by atoms with Crippen LogP contribution in [0.4, 0.5) is 0 Å². The first-order valence-corrected chi connectivity index (χ1v) is 21.0. The zero-order valence-electron chi connectivity index (χ0n) is 32.6. The molecule has 0 amide bonds. The molecule has 0 spiro atoms. The maximum absolute atomic E-state index is 5.03. The molecule has 8 heteroatoms. The van der Waals surface area contributed by atoms with Crippen LogP contribution in [0.2, 0.25) is 0 Å². The van der Waals surface area contributed by atoms with Crippen LogP contribution in [-0.4, -0.2) is 34.3 Å². The van der Waals surface area contributed by atoms with Crippen molar-refractivity contribution in [1.82, 2.24) is 34.3 Å². The summed E-state index contributed by atoms with van der Waals surface area (Å²) in [4.78, 5) is 15.0. The van der Waals surface area contributed by atoms with Crippen molar-refractivity contribution in [2.75, 3.05) is 0 Å². The van der Waals surface area contributed by atoms with Gasteiger partial charge in [-0.05, 0) is 48.5 Å². The average molecular weight is 800 g/mol. The molecule has 0 N–H and O–H groups in total. The van der Waals surface area contributed by atoms with Crippen molar-refractivity contribution in [2.45, 2.75) is 0 Å². The molecule has 0 radical (unpaired) electrons. The second-order valence-electron chi connectivity index (χ2n) is 15.0. The molecular weight excluding hydrogens is 767 g/mol. The molecule has 286 valence electrons. The molecule has 12 rings (SSSR count). The molecule has 8 aromatic carbocycles. The van der Waals surface area contributed by atoms with E-state index in [1.807, 2.05) is 60.7 Å². The second-order valence-corrected chi connectivity index (χ2v) is 16.0. The van der Waals surface area contributed by atoms with E-state index in [4.69, 9.17) is 25.1 Å². The van der Waals surface area contributed by atoms with Gasteiger partial charge in [0.2, 0.25) is 0 Å². The van der Waals surface area contributed by atoms with Crippen LogP contribution in [0.1, 0.15) is 0 Å². The lowest BCUT2D eigenvalue weighted by atomic mass is 10.1. The molecule has 0 bridgehead atoms. The van der Waals surface area contributed by atoms with Crippen molar-refractivity contribution in [3.05, 3.63) is 200 Å². The Morgan fingerprint density at radius 3 is 1.25 bits per heavy atom. The molecule has 7 nitrogen and oxygen atoms in total. The van der Waals surface area contributed by atoms with E-state index in [-0.39, 0.29) is 0 Å². The average Bonchev–Trinajstić information content (AvgIpc) is 4.05. The quantitative estimate of drug-likeness (QED) is 0.160. The lowest BCUT2D eigenvalue weighted by Crippen LogP contribution is -2.01. The second kappa shape index (κ2) is 14.3. The predicted octanol–water partition coefficient (Wildman–Crippen LogP) is 13.3. The fraction of sp³-hybridized carbons (Fsp3) is 0. The Kier molecular flexibility index (Phi) is 8.21. The molecule has 0 unspecified atom stereocenters. The van der Waals surface area contributed by atoms with Crippen molar-refractivity contribution in [3.8, 4) is 66.7 Å². The number of hydrogen-bond donors (Lipinski definition) is 0. The minimum Gasteiger partial charge on any atom is -0.309 e. The van der Waals surface area contributed by atoms with Crippen molar-refractivity contribution in [2.24, 2.45) is 0 Å². The fourth-order valence-electron chi connectivity index (χ4n) is 8.52. The predicted molar refractivity (Wildman–Crippen MR) is 249 cm³/mol. The molecule has 0 atom stereocenters. The third kappa shape index (κ3) is 6.00. The van der Waals surface area contributed by atoms with Crippen LogP contribution in [-0.2, 0) is 0 Å². The minimum atomic E-state index is 0.611. The fourth-order valence-corrected chi connectivity index (χ4v) is 9.35. The van der Waals surface area contributed by atoms with E-state index in [2.05, 4.69) is 149 Å². The molecule has 0 aliphatic rings. The lowest BCUT2D eigenvalue weighted by molar-refractivity contribution is 1.07. The summed E-state index contributed by atoms with van der Waals surface area (Å²) in [6.07, 6.45) is 0. The van der Waals surface area contributed by atoms with Gasteiger partial charge in [0.05, 0.1) is 22.1 Å². The zero-order chi connectivity index (χ0) is 40.3. The van der Waals surface area contributed by atoms with Gasteiger partial charge in [-0.15, -0.1) is 10.2 Å². The standard InChI is InChI=1S/C53H33N7S/c1-4-15-34(16-5-1)49-54-50(35-17-6-2-7-18-35)56-51(55-49)36-19-14-22-40(31-36)60-46-26-13-11-24-42(46)44-30-28-38(33-48(44)60)53-58-57-52(61-53)37-27-29-43-41-23-10-12-25-45(41)59(47(43)32-37)39-20-8-3-9-21-39/h1-33H. The zero-order valence-corrected chi connectivity index (χ0v) is 33.4. The summed E-state index contributed by atoms with van der Waals surface area (Å²) in [5.74, 6) is 1.87. The number of benzene rings is 8. The normalized spacial score (nSPS) is 11.6. The van der Waals surface area contributed by atoms with Crippen LogP contribution in [0.5, 0.6) is 0 Å². The van der Waals surface area contributed by atoms with Crippen LogP contribution in [0.25, 0.3) is 110 Å². The Morgan fingerprint density at radius 2 is 0.705 bits per heavy atom. The van der Waals surface area contributed by atoms with Crippen molar-refractivity contribution in [1.29, 1.82) is 0 Å². The van der Waals surface area contributed by atoms with Gasteiger partial charge in [0.15, 0.2) is 17.5 Å². The van der Waals surface area contributed by atoms with E-state index < -0.39 is 0 Å². The van der Waals surface area contributed by atoms with E-state index in [1.165, 1.54) is 21.7 Å². The van der Waals surface area contributed by atoms with Gasteiger partial charge in [-0.25, -0.2) is 15.0 Å². The SMILES string of the molecule is c1ccc(-c2nc(-c3ccccc3)nc(-c3cccc(-n4c5ccccc5c5ccc(-c6nnc(-c7ccc8c9ccccc9n(-c9ccccc9)c8c7)s6)cc54)c3)n2)cc1. The number of rotatable bonds is 7. The highest BCUT2D eigenvalue weighted by atomic mass is 32.1. The van der Waals surface area contributed by atoms with Gasteiger partial charge in [-0.1, -0.05) is 163 Å². The van der Waals surface area contributed by atoms with Gasteiger partial charge in [0, 0.05) is 60.7 Å². The third-order valence-corrected chi connectivity index (χ3v) is 12.4. The van der Waals surface area contributed by atoms with E-state index in [0.717, 1.165) is 71.1 Å². The number of aromatic nitrogens is 7. The van der Waals surface area contributed by atoms with Crippen LogP contribution in [0, 0.1) is 0 Å². The maximum atomic E-state index is 5.03. The Morgan fingerprint density at radius 1 is 0.295 bits per heavy atom. The summed E-state index contributed by atoms with van der Waals surface area (Å²) in [7, 11) is 0. The Balaban J connectivity index is 0.965.